The van der Waals surface area contributed by atoms with Crippen molar-refractivity contribution in [3.05, 3.63) is 26.4 Å². The van der Waals surface area contributed by atoms with Gasteiger partial charge in [-0.1, -0.05) is 0 Å². The largest absolute Gasteiger partial charge is 0.328 e. The Bertz CT molecular complexity index is 359. The number of halogens is 1. The highest BCUT2D eigenvalue weighted by Crippen LogP contribution is 2.09. The molecule has 1 aromatic heterocycles. The fraction of sp³-hybridized carbons (Fsp3) is 0.500. The van der Waals surface area contributed by atoms with Gasteiger partial charge in [-0.15, -0.1) is 0 Å². The number of rotatable bonds is 2. The maximum absolute atomic E-state index is 11.6. The van der Waals surface area contributed by atoms with Gasteiger partial charge in [-0.3, -0.25) is 9.36 Å². The first-order valence-electron chi connectivity index (χ1n) is 3.92. The molecule has 0 saturated carbocycles. The molecule has 1 heterocycles. The Morgan fingerprint density at radius 3 is 2.85 bits per heavy atom. The van der Waals surface area contributed by atoms with Crippen LogP contribution in [0.5, 0.6) is 0 Å². The Morgan fingerprint density at radius 1 is 1.69 bits per heavy atom. The molecule has 0 aliphatic heterocycles. The van der Waals surface area contributed by atoms with E-state index in [1.807, 2.05) is 36.4 Å². The zero-order valence-electron chi connectivity index (χ0n) is 7.62. The van der Waals surface area contributed by atoms with E-state index in [1.165, 1.54) is 6.33 Å². The summed E-state index contributed by atoms with van der Waals surface area (Å²) >= 11 is 1.97. The van der Waals surface area contributed by atoms with Gasteiger partial charge in [0.15, 0.2) is 0 Å². The van der Waals surface area contributed by atoms with Gasteiger partial charge in [0.25, 0.3) is 5.56 Å². The molecule has 0 radical (unpaired) electrons. The Labute approximate surface area is 90.3 Å². The number of nitrogens with two attached hydrogens (primary N) is 1. The van der Waals surface area contributed by atoms with E-state index in [4.69, 9.17) is 5.73 Å². The lowest BCUT2D eigenvalue weighted by Gasteiger charge is -2.24. The summed E-state index contributed by atoms with van der Waals surface area (Å²) in [5, 5.41) is 0. The van der Waals surface area contributed by atoms with Crippen molar-refractivity contribution in [2.45, 2.75) is 19.4 Å². The molecule has 0 unspecified atom stereocenters. The fourth-order valence-corrected chi connectivity index (χ4v) is 1.34. The molecule has 0 spiro atoms. The lowest BCUT2D eigenvalue weighted by Crippen LogP contribution is -2.42. The zero-order valence-corrected chi connectivity index (χ0v) is 9.78. The minimum Gasteiger partial charge on any atom is -0.328 e. The van der Waals surface area contributed by atoms with Gasteiger partial charge < -0.3 is 5.73 Å². The molecule has 0 aromatic carbocycles. The van der Waals surface area contributed by atoms with Gasteiger partial charge in [-0.25, -0.2) is 4.98 Å². The van der Waals surface area contributed by atoms with Crippen LogP contribution in [0.4, 0.5) is 0 Å². The van der Waals surface area contributed by atoms with Gasteiger partial charge >= 0.3 is 0 Å². The summed E-state index contributed by atoms with van der Waals surface area (Å²) < 4.78 is 2.18. The van der Waals surface area contributed by atoms with Crippen LogP contribution in [-0.4, -0.2) is 16.1 Å². The zero-order chi connectivity index (χ0) is 10.1. The average molecular weight is 293 g/mol. The lowest BCUT2D eigenvalue weighted by atomic mass is 10.1. The number of hydrogen-bond acceptors (Lipinski definition) is 3. The summed E-state index contributed by atoms with van der Waals surface area (Å²) in [7, 11) is 0. The summed E-state index contributed by atoms with van der Waals surface area (Å²) in [5.74, 6) is 0. The highest BCUT2D eigenvalue weighted by Gasteiger charge is 2.19. The Morgan fingerprint density at radius 2 is 2.31 bits per heavy atom. The van der Waals surface area contributed by atoms with Crippen molar-refractivity contribution in [1.82, 2.24) is 9.55 Å². The third-order valence-corrected chi connectivity index (χ3v) is 2.68. The molecule has 1 aromatic rings. The molecule has 2 N–H and O–H groups in total. The summed E-state index contributed by atoms with van der Waals surface area (Å²) in [5.41, 5.74) is 5.16. The standard InChI is InChI=1S/C8H12IN3O/c1-8(2,4-10)12-5-11-3-6(9)7(12)13/h3,5H,4,10H2,1-2H3. The predicted molar refractivity (Wildman–Crippen MR) is 59.6 cm³/mol. The normalized spacial score (nSPS) is 11.7. The molecule has 1 rings (SSSR count). The van der Waals surface area contributed by atoms with Crippen LogP contribution < -0.4 is 11.3 Å². The summed E-state index contributed by atoms with van der Waals surface area (Å²) in [6.45, 7) is 4.23. The second-order valence-corrected chi connectivity index (χ2v) is 4.60. The molecule has 13 heavy (non-hydrogen) atoms. The molecule has 0 amide bonds. The van der Waals surface area contributed by atoms with Crippen molar-refractivity contribution in [2.75, 3.05) is 6.54 Å². The first-order chi connectivity index (χ1) is 5.99. The average Bonchev–Trinajstić information content (AvgIpc) is 2.09. The smallest absolute Gasteiger partial charge is 0.267 e. The van der Waals surface area contributed by atoms with Crippen molar-refractivity contribution < 1.29 is 0 Å². The van der Waals surface area contributed by atoms with Gasteiger partial charge in [0, 0.05) is 12.7 Å². The topological polar surface area (TPSA) is 60.9 Å². The van der Waals surface area contributed by atoms with E-state index >= 15 is 0 Å². The van der Waals surface area contributed by atoms with Crippen molar-refractivity contribution >= 4 is 22.6 Å². The number of aromatic nitrogens is 2. The molecule has 0 fully saturated rings. The van der Waals surface area contributed by atoms with Crippen molar-refractivity contribution in [3.8, 4) is 0 Å². The lowest BCUT2D eigenvalue weighted by molar-refractivity contribution is 0.350. The van der Waals surface area contributed by atoms with Crippen LogP contribution in [0.15, 0.2) is 17.3 Å². The van der Waals surface area contributed by atoms with Crippen molar-refractivity contribution in [1.29, 1.82) is 0 Å². The summed E-state index contributed by atoms with van der Waals surface area (Å²) in [6, 6.07) is 0. The van der Waals surface area contributed by atoms with Crippen molar-refractivity contribution in [3.63, 3.8) is 0 Å². The third kappa shape index (κ3) is 2.08. The van der Waals surface area contributed by atoms with Gasteiger partial charge in [0.05, 0.1) is 15.4 Å². The van der Waals surface area contributed by atoms with Crippen LogP contribution >= 0.6 is 22.6 Å². The highest BCUT2D eigenvalue weighted by atomic mass is 127. The van der Waals surface area contributed by atoms with Gasteiger partial charge in [0.2, 0.25) is 0 Å². The van der Waals surface area contributed by atoms with Crippen LogP contribution in [0, 0.1) is 3.57 Å². The van der Waals surface area contributed by atoms with Crippen LogP contribution in [0.1, 0.15) is 13.8 Å². The van der Waals surface area contributed by atoms with Gasteiger partial charge in [0.1, 0.15) is 0 Å². The summed E-state index contributed by atoms with van der Waals surface area (Å²) in [6.07, 6.45) is 3.07. The quantitative estimate of drug-likeness (QED) is 0.810. The highest BCUT2D eigenvalue weighted by molar-refractivity contribution is 14.1. The molecule has 0 atom stereocenters. The van der Waals surface area contributed by atoms with Crippen LogP contribution in [0.25, 0.3) is 0 Å². The number of nitrogens with zero attached hydrogens (tertiary/aromatic N) is 2. The second kappa shape index (κ2) is 3.75. The van der Waals surface area contributed by atoms with Crippen LogP contribution in [0.2, 0.25) is 0 Å². The molecule has 72 valence electrons. The first kappa shape index (κ1) is 10.6. The minimum absolute atomic E-state index is 0.0361. The molecule has 4 nitrogen and oxygen atoms in total. The molecule has 0 aliphatic rings. The molecule has 0 bridgehead atoms. The van der Waals surface area contributed by atoms with Crippen molar-refractivity contribution in [2.24, 2.45) is 5.73 Å². The van der Waals surface area contributed by atoms with Gasteiger partial charge in [-0.05, 0) is 36.4 Å². The Kier molecular flexibility index (Phi) is 3.07. The van der Waals surface area contributed by atoms with E-state index in [2.05, 4.69) is 4.98 Å². The molecular formula is C8H12IN3O. The maximum atomic E-state index is 11.6. The van der Waals surface area contributed by atoms with E-state index in [0.29, 0.717) is 10.1 Å². The van der Waals surface area contributed by atoms with Crippen LogP contribution in [0.3, 0.4) is 0 Å². The monoisotopic (exact) mass is 293 g/mol. The van der Waals surface area contributed by atoms with Crippen LogP contribution in [-0.2, 0) is 5.54 Å². The first-order valence-corrected chi connectivity index (χ1v) is 4.99. The second-order valence-electron chi connectivity index (χ2n) is 3.43. The van der Waals surface area contributed by atoms with E-state index < -0.39 is 0 Å². The molecule has 0 aliphatic carbocycles. The maximum Gasteiger partial charge on any atom is 0.267 e. The van der Waals surface area contributed by atoms with Gasteiger partial charge in [-0.2, -0.15) is 0 Å². The molecular weight excluding hydrogens is 281 g/mol. The molecule has 5 heteroatoms. The summed E-state index contributed by atoms with van der Waals surface area (Å²) in [4.78, 5) is 15.6. The van der Waals surface area contributed by atoms with E-state index in [1.54, 1.807) is 10.8 Å². The van der Waals surface area contributed by atoms with E-state index in [0.717, 1.165) is 0 Å². The fourth-order valence-electron chi connectivity index (χ4n) is 0.918. The minimum atomic E-state index is -0.370. The predicted octanol–water partition coefficient (Wildman–Crippen LogP) is 0.542. The molecule has 0 saturated heterocycles. The van der Waals surface area contributed by atoms with E-state index in [-0.39, 0.29) is 11.1 Å². The SMILES string of the molecule is CC(C)(CN)n1cncc(I)c1=O. The third-order valence-electron chi connectivity index (χ3n) is 1.94. The number of hydrogen-bond donors (Lipinski definition) is 1. The van der Waals surface area contributed by atoms with E-state index in [9.17, 15) is 4.79 Å². The Balaban J connectivity index is 3.31. The Hall–Kier alpha value is -0.430.